The van der Waals surface area contributed by atoms with Crippen LogP contribution in [-0.4, -0.2) is 29.1 Å². The lowest BCUT2D eigenvalue weighted by Crippen LogP contribution is -2.50. The van der Waals surface area contributed by atoms with Gasteiger partial charge in [0.05, 0.1) is 5.75 Å². The van der Waals surface area contributed by atoms with Crippen molar-refractivity contribution in [1.82, 2.24) is 4.90 Å². The molecule has 0 unspecified atom stereocenters. The predicted octanol–water partition coefficient (Wildman–Crippen LogP) is 2.10. The molecule has 130 valence electrons. The van der Waals surface area contributed by atoms with Crippen LogP contribution >= 0.6 is 11.8 Å². The molecule has 2 fully saturated rings. The third-order valence-corrected chi connectivity index (χ3v) is 6.22. The van der Waals surface area contributed by atoms with E-state index in [-0.39, 0.29) is 23.0 Å². The standard InChI is InChI=1S/C18H21N5OS/c19-9-13-8-14(10-20)18(22-17(13)21)25-11-16(24)23-7-3-5-12-4-1-2-6-15(12)23/h8,12,15H,1-7,11H2,(H2,21,22)/p+1/t12-,15+/m1/s1. The van der Waals surface area contributed by atoms with E-state index in [2.05, 4.69) is 16.0 Å². The first kappa shape index (κ1) is 17.6. The number of aromatic nitrogens is 1. The maximum Gasteiger partial charge on any atom is 0.289 e. The van der Waals surface area contributed by atoms with Crippen LogP contribution in [0.4, 0.5) is 5.82 Å². The number of hydrogen-bond acceptors (Lipinski definition) is 5. The van der Waals surface area contributed by atoms with Gasteiger partial charge in [0.15, 0.2) is 5.03 Å². The number of H-pyrrole nitrogens is 1. The molecule has 1 aliphatic carbocycles. The Labute approximate surface area is 152 Å². The van der Waals surface area contributed by atoms with E-state index in [4.69, 9.17) is 11.0 Å². The minimum absolute atomic E-state index is 0.127. The normalized spacial score (nSPS) is 22.6. The molecule has 6 nitrogen and oxygen atoms in total. The molecule has 0 radical (unpaired) electrons. The monoisotopic (exact) mass is 356 g/mol. The summed E-state index contributed by atoms with van der Waals surface area (Å²) < 4.78 is 0. The summed E-state index contributed by atoms with van der Waals surface area (Å²) >= 11 is 1.29. The van der Waals surface area contributed by atoms with Crippen molar-refractivity contribution in [3.63, 3.8) is 0 Å². The fourth-order valence-corrected chi connectivity index (χ4v) is 4.86. The van der Waals surface area contributed by atoms with Crippen LogP contribution in [0.3, 0.4) is 0 Å². The summed E-state index contributed by atoms with van der Waals surface area (Å²) in [6, 6.07) is 5.87. The van der Waals surface area contributed by atoms with Crippen molar-refractivity contribution in [3.05, 3.63) is 17.2 Å². The molecule has 2 aliphatic rings. The number of carbonyl (C=O) groups is 1. The Balaban J connectivity index is 1.69. The van der Waals surface area contributed by atoms with Gasteiger partial charge >= 0.3 is 0 Å². The summed E-state index contributed by atoms with van der Waals surface area (Å²) in [4.78, 5) is 17.7. The molecule has 0 spiro atoms. The number of nitrogens with two attached hydrogens (primary N) is 1. The largest absolute Gasteiger partial charge is 0.339 e. The number of hydrogen-bond donors (Lipinski definition) is 1. The average molecular weight is 356 g/mol. The zero-order chi connectivity index (χ0) is 17.8. The SMILES string of the molecule is N#Cc1cc(C#N)c(SCC(=O)N2CCC[C@H]3CCCC[C@@H]32)[nH+]c1N. The van der Waals surface area contributed by atoms with Crippen LogP contribution in [0, 0.1) is 28.6 Å². The van der Waals surface area contributed by atoms with Crippen LogP contribution in [0.5, 0.6) is 0 Å². The van der Waals surface area contributed by atoms with E-state index >= 15 is 0 Å². The molecule has 1 aliphatic heterocycles. The van der Waals surface area contributed by atoms with Crippen molar-refractivity contribution in [2.75, 3.05) is 18.0 Å². The van der Waals surface area contributed by atoms with Gasteiger partial charge in [0.1, 0.15) is 23.3 Å². The first-order valence-electron chi connectivity index (χ1n) is 8.72. The zero-order valence-corrected chi connectivity index (χ0v) is 14.9. The van der Waals surface area contributed by atoms with E-state index in [1.54, 1.807) is 0 Å². The lowest BCUT2D eigenvalue weighted by atomic mass is 9.78. The van der Waals surface area contributed by atoms with Crippen LogP contribution in [0.1, 0.15) is 49.7 Å². The second-order valence-electron chi connectivity index (χ2n) is 6.69. The van der Waals surface area contributed by atoms with Gasteiger partial charge in [-0.3, -0.25) is 10.5 Å². The second kappa shape index (κ2) is 7.76. The highest BCUT2D eigenvalue weighted by molar-refractivity contribution is 7.99. The third-order valence-electron chi connectivity index (χ3n) is 5.22. The Bertz CT molecular complexity index is 749. The van der Waals surface area contributed by atoms with Crippen molar-refractivity contribution in [1.29, 1.82) is 10.5 Å². The van der Waals surface area contributed by atoms with Crippen molar-refractivity contribution in [3.8, 4) is 12.1 Å². The first-order valence-corrected chi connectivity index (χ1v) is 9.71. The fourth-order valence-electron chi connectivity index (χ4n) is 3.99. The van der Waals surface area contributed by atoms with Crippen LogP contribution in [-0.2, 0) is 4.79 Å². The third kappa shape index (κ3) is 3.72. The number of pyridine rings is 1. The Morgan fingerprint density at radius 1 is 1.24 bits per heavy atom. The number of amides is 1. The topological polar surface area (TPSA) is 108 Å². The second-order valence-corrected chi connectivity index (χ2v) is 7.68. The summed E-state index contributed by atoms with van der Waals surface area (Å²) in [7, 11) is 0. The molecule has 1 aromatic rings. The molecule has 2 atom stereocenters. The molecule has 0 bridgehead atoms. The lowest BCUT2D eigenvalue weighted by Gasteiger charge is -2.44. The Hall–Kier alpha value is -2.25. The van der Waals surface area contributed by atoms with Crippen LogP contribution < -0.4 is 10.7 Å². The number of thioether (sulfide) groups is 1. The molecule has 25 heavy (non-hydrogen) atoms. The molecule has 1 saturated heterocycles. The highest BCUT2D eigenvalue weighted by Crippen LogP contribution is 2.35. The van der Waals surface area contributed by atoms with Gasteiger partial charge in [-0.15, -0.1) is 0 Å². The van der Waals surface area contributed by atoms with Gasteiger partial charge in [-0.05, 0) is 37.7 Å². The van der Waals surface area contributed by atoms with Crippen LogP contribution in [0.2, 0.25) is 0 Å². The van der Waals surface area contributed by atoms with E-state index < -0.39 is 0 Å². The molecule has 1 aromatic heterocycles. The molecule has 1 amide bonds. The Kier molecular flexibility index (Phi) is 5.45. The van der Waals surface area contributed by atoms with Gasteiger partial charge in [0.25, 0.3) is 5.82 Å². The molecule has 7 heteroatoms. The van der Waals surface area contributed by atoms with E-state index in [1.807, 2.05) is 6.07 Å². The number of aromatic amines is 1. The van der Waals surface area contributed by atoms with Gasteiger partial charge in [0, 0.05) is 12.6 Å². The van der Waals surface area contributed by atoms with E-state index in [1.165, 1.54) is 43.5 Å². The number of nitrogens with zero attached hydrogens (tertiary/aromatic N) is 3. The van der Waals surface area contributed by atoms with Crippen LogP contribution in [0.15, 0.2) is 11.1 Å². The smallest absolute Gasteiger partial charge is 0.289 e. The summed E-state index contributed by atoms with van der Waals surface area (Å²) in [6.45, 7) is 0.838. The van der Waals surface area contributed by atoms with Gasteiger partial charge < -0.3 is 4.90 Å². The van der Waals surface area contributed by atoms with Crippen molar-refractivity contribution in [2.24, 2.45) is 5.92 Å². The number of piperidine rings is 1. The van der Waals surface area contributed by atoms with Crippen molar-refractivity contribution >= 4 is 23.5 Å². The Morgan fingerprint density at radius 3 is 2.72 bits per heavy atom. The van der Waals surface area contributed by atoms with E-state index in [0.29, 0.717) is 22.5 Å². The lowest BCUT2D eigenvalue weighted by molar-refractivity contribution is -0.410. The number of nitriles is 2. The molecule has 2 heterocycles. The minimum Gasteiger partial charge on any atom is -0.339 e. The number of anilines is 1. The predicted molar refractivity (Wildman–Crippen MR) is 94.3 cm³/mol. The minimum atomic E-state index is 0.127. The fraction of sp³-hybridized carbons (Fsp3) is 0.556. The summed E-state index contributed by atoms with van der Waals surface area (Å²) in [5.41, 5.74) is 6.38. The molecular formula is C18H22N5OS+. The molecule has 0 aromatic carbocycles. The molecule has 3 N–H and O–H groups in total. The Morgan fingerprint density at radius 2 is 1.96 bits per heavy atom. The van der Waals surface area contributed by atoms with Crippen molar-refractivity contribution in [2.45, 2.75) is 49.6 Å². The van der Waals surface area contributed by atoms with E-state index in [0.717, 1.165) is 19.4 Å². The number of fused-ring (bicyclic) bond motifs is 1. The maximum atomic E-state index is 12.8. The quantitative estimate of drug-likeness (QED) is 0.834. The highest BCUT2D eigenvalue weighted by atomic mass is 32.2. The number of rotatable bonds is 3. The van der Waals surface area contributed by atoms with Gasteiger partial charge in [-0.1, -0.05) is 24.6 Å². The maximum absolute atomic E-state index is 12.8. The van der Waals surface area contributed by atoms with Crippen molar-refractivity contribution < 1.29 is 9.78 Å². The van der Waals surface area contributed by atoms with Gasteiger partial charge in [-0.25, -0.2) is 4.98 Å². The number of likely N-dealkylation sites (tertiary alicyclic amines) is 1. The number of carbonyl (C=O) groups excluding carboxylic acids is 1. The summed E-state index contributed by atoms with van der Waals surface area (Å²) in [5, 5.41) is 18.8. The summed E-state index contributed by atoms with van der Waals surface area (Å²) in [6.07, 6.45) is 7.15. The molecule has 3 rings (SSSR count). The number of nitrogens with one attached hydrogen (secondary N) is 1. The zero-order valence-electron chi connectivity index (χ0n) is 14.1. The molecular weight excluding hydrogens is 334 g/mol. The van der Waals surface area contributed by atoms with Crippen LogP contribution in [0.25, 0.3) is 0 Å². The van der Waals surface area contributed by atoms with Gasteiger partial charge in [0.2, 0.25) is 5.91 Å². The van der Waals surface area contributed by atoms with Gasteiger partial charge in [-0.2, -0.15) is 10.5 Å². The first-order chi connectivity index (χ1) is 12.1. The summed E-state index contributed by atoms with van der Waals surface area (Å²) in [5.74, 6) is 1.28. The molecule has 1 saturated carbocycles. The average Bonchev–Trinajstić information content (AvgIpc) is 2.65. The van der Waals surface area contributed by atoms with E-state index in [9.17, 15) is 10.1 Å². The number of nitrogen functional groups attached to an aromatic ring is 1. The highest BCUT2D eigenvalue weighted by Gasteiger charge is 2.35.